The molecule has 1 aliphatic carbocycles. The van der Waals surface area contributed by atoms with E-state index < -0.39 is 0 Å². The summed E-state index contributed by atoms with van der Waals surface area (Å²) in [5, 5.41) is 10.8. The van der Waals surface area contributed by atoms with E-state index in [4.69, 9.17) is 4.42 Å². The van der Waals surface area contributed by atoms with E-state index in [-0.39, 0.29) is 11.5 Å². The van der Waals surface area contributed by atoms with Gasteiger partial charge in [-0.25, -0.2) is 4.98 Å². The highest BCUT2D eigenvalue weighted by Gasteiger charge is 2.41. The standard InChI is InChI=1S/C18H25NO2/c1-13(2)12-18(9-5-6-10-18)16(20)11-17-19-14-7-3-4-8-15(14)21-17/h3-4,7-8,13,16,20H,5-6,9-12H2,1-2H3. The highest BCUT2D eigenvalue weighted by atomic mass is 16.4. The summed E-state index contributed by atoms with van der Waals surface area (Å²) in [6.45, 7) is 4.48. The molecule has 21 heavy (non-hydrogen) atoms. The molecule has 0 amide bonds. The van der Waals surface area contributed by atoms with Gasteiger partial charge in [-0.05, 0) is 42.7 Å². The van der Waals surface area contributed by atoms with Gasteiger partial charge in [0, 0.05) is 0 Å². The summed E-state index contributed by atoms with van der Waals surface area (Å²) in [6.07, 6.45) is 6.00. The van der Waals surface area contributed by atoms with Crippen molar-refractivity contribution in [1.82, 2.24) is 4.98 Å². The van der Waals surface area contributed by atoms with Crippen LogP contribution in [0.15, 0.2) is 28.7 Å². The van der Waals surface area contributed by atoms with E-state index in [1.807, 2.05) is 24.3 Å². The highest BCUT2D eigenvalue weighted by Crippen LogP contribution is 2.46. The largest absolute Gasteiger partial charge is 0.441 e. The Morgan fingerprint density at radius 3 is 2.62 bits per heavy atom. The van der Waals surface area contributed by atoms with Crippen molar-refractivity contribution in [3.05, 3.63) is 30.2 Å². The Morgan fingerprint density at radius 2 is 1.95 bits per heavy atom. The Labute approximate surface area is 126 Å². The van der Waals surface area contributed by atoms with Crippen LogP contribution in [0.3, 0.4) is 0 Å². The number of para-hydroxylation sites is 2. The first kappa shape index (κ1) is 14.6. The molecule has 1 aliphatic rings. The van der Waals surface area contributed by atoms with Crippen LogP contribution in [-0.2, 0) is 6.42 Å². The van der Waals surface area contributed by atoms with Crippen LogP contribution in [0.4, 0.5) is 0 Å². The normalized spacial score (nSPS) is 19.4. The van der Waals surface area contributed by atoms with Crippen molar-refractivity contribution in [2.45, 2.75) is 58.5 Å². The summed E-state index contributed by atoms with van der Waals surface area (Å²) >= 11 is 0. The summed E-state index contributed by atoms with van der Waals surface area (Å²) in [4.78, 5) is 4.51. The molecular formula is C18H25NO2. The molecule has 1 saturated carbocycles. The van der Waals surface area contributed by atoms with Crippen LogP contribution >= 0.6 is 0 Å². The fraction of sp³-hybridized carbons (Fsp3) is 0.611. The highest BCUT2D eigenvalue weighted by molar-refractivity contribution is 5.72. The fourth-order valence-corrected chi connectivity index (χ4v) is 3.95. The Balaban J connectivity index is 1.78. The SMILES string of the molecule is CC(C)CC1(C(O)Cc2nc3ccccc3o2)CCCC1. The quantitative estimate of drug-likeness (QED) is 0.890. The molecule has 0 radical (unpaired) electrons. The second-order valence-electron chi connectivity index (χ2n) is 6.96. The molecule has 1 fully saturated rings. The van der Waals surface area contributed by atoms with E-state index in [2.05, 4.69) is 18.8 Å². The van der Waals surface area contributed by atoms with Gasteiger partial charge in [-0.3, -0.25) is 0 Å². The van der Waals surface area contributed by atoms with Crippen LogP contribution in [0.1, 0.15) is 51.8 Å². The van der Waals surface area contributed by atoms with Crippen LogP contribution in [0.5, 0.6) is 0 Å². The average molecular weight is 287 g/mol. The van der Waals surface area contributed by atoms with Gasteiger partial charge in [-0.1, -0.05) is 38.8 Å². The van der Waals surface area contributed by atoms with E-state index >= 15 is 0 Å². The number of benzene rings is 1. The molecule has 0 spiro atoms. The second kappa shape index (κ2) is 5.80. The first-order valence-electron chi connectivity index (χ1n) is 8.12. The predicted molar refractivity (Wildman–Crippen MR) is 84.1 cm³/mol. The van der Waals surface area contributed by atoms with Crippen molar-refractivity contribution in [3.63, 3.8) is 0 Å². The van der Waals surface area contributed by atoms with Crippen molar-refractivity contribution in [2.75, 3.05) is 0 Å². The van der Waals surface area contributed by atoms with Gasteiger partial charge in [0.05, 0.1) is 12.5 Å². The topological polar surface area (TPSA) is 46.3 Å². The molecule has 0 aliphatic heterocycles. The summed E-state index contributed by atoms with van der Waals surface area (Å²) < 4.78 is 5.78. The first-order valence-corrected chi connectivity index (χ1v) is 8.12. The third kappa shape index (κ3) is 2.98. The van der Waals surface area contributed by atoms with Crippen LogP contribution in [0.25, 0.3) is 11.1 Å². The van der Waals surface area contributed by atoms with Gasteiger partial charge in [0.15, 0.2) is 11.5 Å². The maximum Gasteiger partial charge on any atom is 0.198 e. The van der Waals surface area contributed by atoms with E-state index in [1.165, 1.54) is 12.8 Å². The van der Waals surface area contributed by atoms with Gasteiger partial charge in [-0.15, -0.1) is 0 Å². The van der Waals surface area contributed by atoms with Crippen molar-refractivity contribution < 1.29 is 9.52 Å². The van der Waals surface area contributed by atoms with Crippen molar-refractivity contribution >= 4 is 11.1 Å². The molecule has 1 heterocycles. The van der Waals surface area contributed by atoms with Gasteiger partial charge in [0.25, 0.3) is 0 Å². The zero-order valence-corrected chi connectivity index (χ0v) is 13.0. The molecule has 1 unspecified atom stereocenters. The molecule has 0 bridgehead atoms. The van der Waals surface area contributed by atoms with E-state index in [0.717, 1.165) is 30.4 Å². The number of aliphatic hydroxyl groups is 1. The fourth-order valence-electron chi connectivity index (χ4n) is 3.95. The number of aliphatic hydroxyl groups excluding tert-OH is 1. The minimum Gasteiger partial charge on any atom is -0.441 e. The zero-order valence-electron chi connectivity index (χ0n) is 13.0. The third-order valence-corrected chi connectivity index (χ3v) is 4.83. The Morgan fingerprint density at radius 1 is 1.24 bits per heavy atom. The number of rotatable bonds is 5. The number of hydrogen-bond acceptors (Lipinski definition) is 3. The number of oxazole rings is 1. The maximum atomic E-state index is 10.8. The Bertz CT molecular complexity index is 563. The Hall–Kier alpha value is -1.35. The monoisotopic (exact) mass is 287 g/mol. The maximum absolute atomic E-state index is 10.8. The molecule has 1 aromatic carbocycles. The van der Waals surface area contributed by atoms with Gasteiger partial charge in [0.1, 0.15) is 5.52 Å². The lowest BCUT2D eigenvalue weighted by molar-refractivity contribution is 0.00951. The molecule has 3 nitrogen and oxygen atoms in total. The average Bonchev–Trinajstić information content (AvgIpc) is 3.04. The van der Waals surface area contributed by atoms with Crippen LogP contribution in [0, 0.1) is 11.3 Å². The van der Waals surface area contributed by atoms with Crippen LogP contribution < -0.4 is 0 Å². The summed E-state index contributed by atoms with van der Waals surface area (Å²) in [6, 6.07) is 7.79. The van der Waals surface area contributed by atoms with Crippen LogP contribution in [-0.4, -0.2) is 16.2 Å². The van der Waals surface area contributed by atoms with E-state index in [1.54, 1.807) is 0 Å². The van der Waals surface area contributed by atoms with Gasteiger partial charge in [-0.2, -0.15) is 0 Å². The molecule has 3 heteroatoms. The van der Waals surface area contributed by atoms with Crippen molar-refractivity contribution in [2.24, 2.45) is 11.3 Å². The van der Waals surface area contributed by atoms with E-state index in [0.29, 0.717) is 18.2 Å². The molecule has 3 rings (SSSR count). The van der Waals surface area contributed by atoms with E-state index in [9.17, 15) is 5.11 Å². The van der Waals surface area contributed by atoms with Gasteiger partial charge in [0.2, 0.25) is 0 Å². The van der Waals surface area contributed by atoms with Crippen molar-refractivity contribution in [3.8, 4) is 0 Å². The lowest BCUT2D eigenvalue weighted by atomic mass is 9.73. The molecule has 2 aromatic rings. The number of hydrogen-bond donors (Lipinski definition) is 1. The lowest BCUT2D eigenvalue weighted by Crippen LogP contribution is -2.35. The molecule has 1 aromatic heterocycles. The second-order valence-corrected chi connectivity index (χ2v) is 6.96. The summed E-state index contributed by atoms with van der Waals surface area (Å²) in [7, 11) is 0. The number of fused-ring (bicyclic) bond motifs is 1. The van der Waals surface area contributed by atoms with Crippen molar-refractivity contribution in [1.29, 1.82) is 0 Å². The number of nitrogens with zero attached hydrogens (tertiary/aromatic N) is 1. The molecule has 0 saturated heterocycles. The lowest BCUT2D eigenvalue weighted by Gasteiger charge is -2.35. The van der Waals surface area contributed by atoms with Gasteiger partial charge < -0.3 is 9.52 Å². The van der Waals surface area contributed by atoms with Gasteiger partial charge >= 0.3 is 0 Å². The number of aromatic nitrogens is 1. The molecule has 1 N–H and O–H groups in total. The predicted octanol–water partition coefficient (Wildman–Crippen LogP) is 4.34. The minimum atomic E-state index is -0.351. The summed E-state index contributed by atoms with van der Waals surface area (Å²) in [5.41, 5.74) is 1.75. The Kier molecular flexibility index (Phi) is 4.03. The summed E-state index contributed by atoms with van der Waals surface area (Å²) in [5.74, 6) is 1.28. The smallest absolute Gasteiger partial charge is 0.198 e. The molecule has 114 valence electrons. The third-order valence-electron chi connectivity index (χ3n) is 4.83. The minimum absolute atomic E-state index is 0.0643. The zero-order chi connectivity index (χ0) is 14.9. The molecule has 1 atom stereocenters. The molecular weight excluding hydrogens is 262 g/mol. The first-order chi connectivity index (χ1) is 10.1. The van der Waals surface area contributed by atoms with Crippen LogP contribution in [0.2, 0.25) is 0 Å².